The van der Waals surface area contributed by atoms with Crippen LogP contribution >= 0.6 is 15.9 Å². The molecule has 2 rings (SSSR count). The van der Waals surface area contributed by atoms with Gasteiger partial charge in [0.15, 0.2) is 0 Å². The molecule has 8 heteroatoms. The molecule has 2 aromatic rings. The molecule has 3 N–H and O–H groups in total. The number of hydrogen-bond donors (Lipinski definition) is 2. The normalized spacial score (nSPS) is 11.4. The standard InChI is InChI=1S/C13H11BrF2N2O2S/c14-10-5-12(16)13(6-11(10)15)18-21(19,20)7-8-2-1-3-9(17)4-8/h1-6,18H,7,17H2. The molecule has 0 saturated carbocycles. The summed E-state index contributed by atoms with van der Waals surface area (Å²) in [6, 6.07) is 7.93. The molecule has 0 fully saturated rings. The van der Waals surface area contributed by atoms with Gasteiger partial charge in [0, 0.05) is 11.8 Å². The van der Waals surface area contributed by atoms with Crippen molar-refractivity contribution in [3.8, 4) is 0 Å². The van der Waals surface area contributed by atoms with Gasteiger partial charge in [-0.05, 0) is 39.7 Å². The molecule has 2 aromatic carbocycles. The van der Waals surface area contributed by atoms with Crippen LogP contribution in [-0.2, 0) is 15.8 Å². The lowest BCUT2D eigenvalue weighted by Gasteiger charge is -2.10. The van der Waals surface area contributed by atoms with E-state index in [9.17, 15) is 17.2 Å². The van der Waals surface area contributed by atoms with Gasteiger partial charge in [-0.25, -0.2) is 17.2 Å². The van der Waals surface area contributed by atoms with Crippen molar-refractivity contribution >= 4 is 37.3 Å². The zero-order valence-electron chi connectivity index (χ0n) is 10.6. The Balaban J connectivity index is 2.24. The Morgan fingerprint density at radius 2 is 1.86 bits per heavy atom. The van der Waals surface area contributed by atoms with Crippen molar-refractivity contribution in [3.05, 3.63) is 58.1 Å². The SMILES string of the molecule is Nc1cccc(CS(=O)(=O)Nc2cc(F)c(Br)cc2F)c1. The van der Waals surface area contributed by atoms with Crippen LogP contribution in [0.1, 0.15) is 5.56 Å². The molecule has 4 nitrogen and oxygen atoms in total. The van der Waals surface area contributed by atoms with Crippen molar-refractivity contribution in [1.29, 1.82) is 0 Å². The number of anilines is 2. The molecule has 0 aliphatic heterocycles. The van der Waals surface area contributed by atoms with E-state index in [0.29, 0.717) is 11.3 Å². The van der Waals surface area contributed by atoms with Crippen molar-refractivity contribution in [3.63, 3.8) is 0 Å². The fourth-order valence-electron chi connectivity index (χ4n) is 1.71. The van der Waals surface area contributed by atoms with Crippen LogP contribution in [0.25, 0.3) is 0 Å². The lowest BCUT2D eigenvalue weighted by Crippen LogP contribution is -2.16. The third kappa shape index (κ3) is 4.15. The number of nitrogens with two attached hydrogens (primary N) is 1. The first-order valence-corrected chi connectivity index (χ1v) is 8.21. The molecular formula is C13H11BrF2N2O2S. The summed E-state index contributed by atoms with van der Waals surface area (Å²) in [7, 11) is -3.88. The maximum absolute atomic E-state index is 13.6. The smallest absolute Gasteiger partial charge is 0.237 e. The summed E-state index contributed by atoms with van der Waals surface area (Å²) in [6.45, 7) is 0. The molecule has 0 amide bonds. The molecule has 0 aliphatic rings. The van der Waals surface area contributed by atoms with Gasteiger partial charge >= 0.3 is 0 Å². The second-order valence-corrected chi connectivity index (χ2v) is 6.93. The van der Waals surface area contributed by atoms with Crippen LogP contribution in [0, 0.1) is 11.6 Å². The highest BCUT2D eigenvalue weighted by Crippen LogP contribution is 2.24. The van der Waals surface area contributed by atoms with E-state index in [0.717, 1.165) is 12.1 Å². The molecule has 0 atom stereocenters. The van der Waals surface area contributed by atoms with Gasteiger partial charge in [0.1, 0.15) is 11.6 Å². The molecule has 0 saturated heterocycles. The fraction of sp³-hybridized carbons (Fsp3) is 0.0769. The minimum atomic E-state index is -3.88. The number of sulfonamides is 1. The molecule has 0 heterocycles. The first-order valence-electron chi connectivity index (χ1n) is 5.76. The van der Waals surface area contributed by atoms with E-state index in [1.807, 2.05) is 4.72 Å². The lowest BCUT2D eigenvalue weighted by molar-refractivity contribution is 0.591. The Morgan fingerprint density at radius 1 is 1.14 bits per heavy atom. The van der Waals surface area contributed by atoms with Crippen LogP contribution < -0.4 is 10.5 Å². The second kappa shape index (κ2) is 5.98. The Morgan fingerprint density at radius 3 is 2.52 bits per heavy atom. The average Bonchev–Trinajstić information content (AvgIpc) is 2.35. The zero-order chi connectivity index (χ0) is 15.6. The topological polar surface area (TPSA) is 72.2 Å². The zero-order valence-corrected chi connectivity index (χ0v) is 13.0. The largest absolute Gasteiger partial charge is 0.399 e. The maximum Gasteiger partial charge on any atom is 0.237 e. The minimum Gasteiger partial charge on any atom is -0.399 e. The Labute approximate surface area is 129 Å². The van der Waals surface area contributed by atoms with Gasteiger partial charge in [0.2, 0.25) is 10.0 Å². The van der Waals surface area contributed by atoms with Crippen LogP contribution in [0.3, 0.4) is 0 Å². The van der Waals surface area contributed by atoms with Crippen molar-refractivity contribution in [2.75, 3.05) is 10.5 Å². The average molecular weight is 377 g/mol. The highest BCUT2D eigenvalue weighted by atomic mass is 79.9. The van der Waals surface area contributed by atoms with E-state index < -0.39 is 33.1 Å². The van der Waals surface area contributed by atoms with E-state index in [-0.39, 0.29) is 4.47 Å². The van der Waals surface area contributed by atoms with Crippen molar-refractivity contribution in [2.24, 2.45) is 0 Å². The summed E-state index contributed by atoms with van der Waals surface area (Å²) in [5.74, 6) is -2.03. The summed E-state index contributed by atoms with van der Waals surface area (Å²) in [5, 5.41) is 0. The van der Waals surface area contributed by atoms with Gasteiger partial charge < -0.3 is 5.73 Å². The molecule has 0 aromatic heterocycles. The minimum absolute atomic E-state index is 0.0845. The molecule has 0 unspecified atom stereocenters. The third-order valence-corrected chi connectivity index (χ3v) is 4.44. The Hall–Kier alpha value is -1.67. The highest BCUT2D eigenvalue weighted by Gasteiger charge is 2.16. The highest BCUT2D eigenvalue weighted by molar-refractivity contribution is 9.10. The van der Waals surface area contributed by atoms with Crippen molar-refractivity contribution < 1.29 is 17.2 Å². The van der Waals surface area contributed by atoms with E-state index in [1.165, 1.54) is 6.07 Å². The van der Waals surface area contributed by atoms with Crippen LogP contribution in [0.4, 0.5) is 20.2 Å². The van der Waals surface area contributed by atoms with Crippen LogP contribution in [0.5, 0.6) is 0 Å². The fourth-order valence-corrected chi connectivity index (χ4v) is 3.20. The first kappa shape index (κ1) is 15.7. The van der Waals surface area contributed by atoms with Gasteiger partial charge in [-0.2, -0.15) is 0 Å². The maximum atomic E-state index is 13.6. The van der Waals surface area contributed by atoms with Gasteiger partial charge in [-0.15, -0.1) is 0 Å². The Kier molecular flexibility index (Phi) is 4.48. The van der Waals surface area contributed by atoms with E-state index in [4.69, 9.17) is 5.73 Å². The summed E-state index contributed by atoms with van der Waals surface area (Å²) < 4.78 is 52.9. The van der Waals surface area contributed by atoms with Crippen molar-refractivity contribution in [2.45, 2.75) is 5.75 Å². The number of nitrogen functional groups attached to an aromatic ring is 1. The molecule has 0 radical (unpaired) electrons. The predicted molar refractivity (Wildman–Crippen MR) is 81.2 cm³/mol. The van der Waals surface area contributed by atoms with Crippen molar-refractivity contribution in [1.82, 2.24) is 0 Å². The monoisotopic (exact) mass is 376 g/mol. The van der Waals surface area contributed by atoms with Gasteiger partial charge in [-0.1, -0.05) is 12.1 Å². The molecule has 21 heavy (non-hydrogen) atoms. The number of nitrogens with one attached hydrogen (secondary N) is 1. The molecular weight excluding hydrogens is 366 g/mol. The first-order chi connectivity index (χ1) is 9.77. The van der Waals surface area contributed by atoms with E-state index >= 15 is 0 Å². The van der Waals surface area contributed by atoms with E-state index in [2.05, 4.69) is 15.9 Å². The molecule has 112 valence electrons. The van der Waals surface area contributed by atoms with Crippen LogP contribution in [-0.4, -0.2) is 8.42 Å². The van der Waals surface area contributed by atoms with Crippen LogP contribution in [0.15, 0.2) is 40.9 Å². The van der Waals surface area contributed by atoms with Crippen LogP contribution in [0.2, 0.25) is 0 Å². The second-order valence-electron chi connectivity index (χ2n) is 4.35. The number of benzene rings is 2. The van der Waals surface area contributed by atoms with Gasteiger partial charge in [0.05, 0.1) is 15.9 Å². The summed E-state index contributed by atoms with van der Waals surface area (Å²) in [5.41, 5.74) is 5.98. The van der Waals surface area contributed by atoms with Gasteiger partial charge in [-0.3, -0.25) is 4.72 Å². The summed E-state index contributed by atoms with van der Waals surface area (Å²) >= 11 is 2.82. The quantitative estimate of drug-likeness (QED) is 0.635. The summed E-state index contributed by atoms with van der Waals surface area (Å²) in [6.07, 6.45) is 0. The molecule has 0 bridgehead atoms. The predicted octanol–water partition coefficient (Wildman–Crippen LogP) is 3.25. The number of hydrogen-bond acceptors (Lipinski definition) is 3. The Bertz CT molecular complexity index is 782. The third-order valence-electron chi connectivity index (χ3n) is 2.58. The van der Waals surface area contributed by atoms with Gasteiger partial charge in [0.25, 0.3) is 0 Å². The van der Waals surface area contributed by atoms with E-state index in [1.54, 1.807) is 18.2 Å². The lowest BCUT2D eigenvalue weighted by atomic mass is 10.2. The molecule has 0 aliphatic carbocycles. The number of rotatable bonds is 4. The number of halogens is 3. The molecule has 0 spiro atoms. The summed E-state index contributed by atoms with van der Waals surface area (Å²) in [4.78, 5) is 0.